The summed E-state index contributed by atoms with van der Waals surface area (Å²) in [7, 11) is -3.10. The smallest absolute Gasteiger partial charge is 0.304 e. The third-order valence-electron chi connectivity index (χ3n) is 2.67. The summed E-state index contributed by atoms with van der Waals surface area (Å²) in [6.07, 6.45) is 0.376. The van der Waals surface area contributed by atoms with Crippen molar-refractivity contribution in [1.82, 2.24) is 4.90 Å². The van der Waals surface area contributed by atoms with Gasteiger partial charge in [0, 0.05) is 25.7 Å². The van der Waals surface area contributed by atoms with Crippen molar-refractivity contribution in [2.45, 2.75) is 18.9 Å². The second kappa shape index (κ2) is 5.60. The molecule has 1 aliphatic heterocycles. The van der Waals surface area contributed by atoms with Crippen LogP contribution in [0.3, 0.4) is 0 Å². The fourth-order valence-electron chi connectivity index (χ4n) is 1.88. The largest absolute Gasteiger partial charge is 0.481 e. The Labute approximate surface area is 94.8 Å². The molecule has 0 aromatic heterocycles. The summed E-state index contributed by atoms with van der Waals surface area (Å²) in [6.45, 7) is 0.938. The molecule has 1 aliphatic rings. The van der Waals surface area contributed by atoms with Gasteiger partial charge in [0.15, 0.2) is 9.84 Å². The van der Waals surface area contributed by atoms with Gasteiger partial charge in [0.05, 0.1) is 17.9 Å². The Hall–Kier alpha value is -0.660. The van der Waals surface area contributed by atoms with Crippen LogP contribution in [-0.4, -0.2) is 66.7 Å². The number of carbonyl (C=O) groups is 1. The van der Waals surface area contributed by atoms with Crippen LogP contribution in [0.1, 0.15) is 12.8 Å². The summed E-state index contributed by atoms with van der Waals surface area (Å²) in [6, 6.07) is -0.456. The van der Waals surface area contributed by atoms with Gasteiger partial charge in [-0.2, -0.15) is 0 Å². The number of rotatable bonds is 5. The van der Waals surface area contributed by atoms with Crippen molar-refractivity contribution in [2.24, 2.45) is 0 Å². The maximum Gasteiger partial charge on any atom is 0.304 e. The molecular formula is C9H17NO5S. The van der Waals surface area contributed by atoms with Crippen LogP contribution < -0.4 is 0 Å². The van der Waals surface area contributed by atoms with Crippen LogP contribution in [-0.2, 0) is 14.6 Å². The summed E-state index contributed by atoms with van der Waals surface area (Å²) >= 11 is 0. The first-order valence-corrected chi connectivity index (χ1v) is 7.04. The van der Waals surface area contributed by atoms with E-state index in [1.165, 1.54) is 0 Å². The quantitative estimate of drug-likeness (QED) is 0.647. The lowest BCUT2D eigenvalue weighted by Gasteiger charge is -2.34. The van der Waals surface area contributed by atoms with Gasteiger partial charge in [-0.25, -0.2) is 8.42 Å². The molecule has 1 unspecified atom stereocenters. The molecule has 1 rings (SSSR count). The topological polar surface area (TPSA) is 94.9 Å². The number of carboxylic acids is 1. The first-order chi connectivity index (χ1) is 7.44. The molecule has 0 radical (unpaired) electrons. The van der Waals surface area contributed by atoms with Gasteiger partial charge < -0.3 is 10.2 Å². The minimum atomic E-state index is -3.10. The van der Waals surface area contributed by atoms with Gasteiger partial charge in [0.25, 0.3) is 0 Å². The van der Waals surface area contributed by atoms with Gasteiger partial charge in [0.2, 0.25) is 0 Å². The molecule has 0 bridgehead atoms. The van der Waals surface area contributed by atoms with Gasteiger partial charge in [-0.15, -0.1) is 0 Å². The molecule has 1 heterocycles. The average Bonchev–Trinajstić information content (AvgIpc) is 2.14. The van der Waals surface area contributed by atoms with E-state index in [1.807, 2.05) is 4.90 Å². The lowest BCUT2D eigenvalue weighted by Crippen LogP contribution is -2.49. The molecule has 0 aromatic rings. The second-order valence-corrected chi connectivity index (χ2v) is 6.21. The maximum atomic E-state index is 11.4. The van der Waals surface area contributed by atoms with Crippen molar-refractivity contribution >= 4 is 15.8 Å². The van der Waals surface area contributed by atoms with E-state index in [-0.39, 0.29) is 24.5 Å². The zero-order valence-electron chi connectivity index (χ0n) is 9.00. The Morgan fingerprint density at radius 2 is 2.12 bits per heavy atom. The molecule has 0 aliphatic carbocycles. The summed E-state index contributed by atoms with van der Waals surface area (Å²) in [5.41, 5.74) is 0. The first kappa shape index (κ1) is 13.4. The molecule has 0 spiro atoms. The van der Waals surface area contributed by atoms with Crippen molar-refractivity contribution in [3.63, 3.8) is 0 Å². The monoisotopic (exact) mass is 251 g/mol. The van der Waals surface area contributed by atoms with Crippen LogP contribution in [0.25, 0.3) is 0 Å². The SMILES string of the molecule is O=C(O)CC1CS(=O)(=O)CCN1CCCO. The van der Waals surface area contributed by atoms with Crippen molar-refractivity contribution in [3.8, 4) is 0 Å². The molecule has 1 fully saturated rings. The molecule has 94 valence electrons. The molecular weight excluding hydrogens is 234 g/mol. The molecule has 1 saturated heterocycles. The van der Waals surface area contributed by atoms with E-state index in [0.29, 0.717) is 19.5 Å². The molecule has 16 heavy (non-hydrogen) atoms. The highest BCUT2D eigenvalue weighted by molar-refractivity contribution is 7.91. The van der Waals surface area contributed by atoms with Crippen LogP contribution in [0, 0.1) is 0 Å². The highest BCUT2D eigenvalue weighted by Gasteiger charge is 2.31. The number of sulfone groups is 1. The average molecular weight is 251 g/mol. The number of aliphatic carboxylic acids is 1. The van der Waals surface area contributed by atoms with Gasteiger partial charge in [-0.05, 0) is 6.42 Å². The number of hydrogen-bond acceptors (Lipinski definition) is 5. The Balaban J connectivity index is 2.64. The highest BCUT2D eigenvalue weighted by Crippen LogP contribution is 2.15. The Bertz CT molecular complexity index is 340. The molecule has 0 aromatic carbocycles. The van der Waals surface area contributed by atoms with Gasteiger partial charge in [-0.3, -0.25) is 9.69 Å². The van der Waals surface area contributed by atoms with Crippen molar-refractivity contribution in [3.05, 3.63) is 0 Å². The van der Waals surface area contributed by atoms with E-state index in [0.717, 1.165) is 0 Å². The first-order valence-electron chi connectivity index (χ1n) is 5.22. The zero-order valence-corrected chi connectivity index (χ0v) is 9.82. The Kier molecular flexibility index (Phi) is 4.69. The fraction of sp³-hybridized carbons (Fsp3) is 0.889. The minimum absolute atomic E-state index is 0.0308. The Morgan fingerprint density at radius 1 is 1.44 bits per heavy atom. The van der Waals surface area contributed by atoms with E-state index in [9.17, 15) is 13.2 Å². The number of aliphatic hydroxyl groups is 1. The molecule has 2 N–H and O–H groups in total. The standard InChI is InChI=1S/C9H17NO5S/c11-4-1-2-10-3-5-16(14,15)7-8(10)6-9(12)13/h8,11H,1-7H2,(H,12,13). The van der Waals surface area contributed by atoms with E-state index in [4.69, 9.17) is 10.2 Å². The predicted octanol–water partition coefficient (Wildman–Crippen LogP) is -1.06. The van der Waals surface area contributed by atoms with Crippen molar-refractivity contribution in [2.75, 3.05) is 31.2 Å². The lowest BCUT2D eigenvalue weighted by atomic mass is 10.2. The van der Waals surface area contributed by atoms with E-state index >= 15 is 0 Å². The lowest BCUT2D eigenvalue weighted by molar-refractivity contribution is -0.138. The third-order valence-corrected chi connectivity index (χ3v) is 4.36. The van der Waals surface area contributed by atoms with Crippen molar-refractivity contribution < 1.29 is 23.4 Å². The van der Waals surface area contributed by atoms with E-state index in [1.54, 1.807) is 0 Å². The van der Waals surface area contributed by atoms with Crippen LogP contribution in [0.5, 0.6) is 0 Å². The summed E-state index contributed by atoms with van der Waals surface area (Å²) < 4.78 is 22.8. The molecule has 6 nitrogen and oxygen atoms in total. The maximum absolute atomic E-state index is 11.4. The van der Waals surface area contributed by atoms with Crippen LogP contribution in [0.2, 0.25) is 0 Å². The minimum Gasteiger partial charge on any atom is -0.481 e. The van der Waals surface area contributed by atoms with Gasteiger partial charge in [-0.1, -0.05) is 0 Å². The molecule has 1 atom stereocenters. The zero-order chi connectivity index (χ0) is 12.2. The molecule has 0 saturated carbocycles. The molecule has 7 heteroatoms. The number of nitrogens with zero attached hydrogens (tertiary/aromatic N) is 1. The van der Waals surface area contributed by atoms with Crippen molar-refractivity contribution in [1.29, 1.82) is 0 Å². The highest BCUT2D eigenvalue weighted by atomic mass is 32.2. The van der Waals surface area contributed by atoms with Crippen LogP contribution >= 0.6 is 0 Å². The number of aliphatic hydroxyl groups excluding tert-OH is 1. The predicted molar refractivity (Wildman–Crippen MR) is 58.0 cm³/mol. The summed E-state index contributed by atoms with van der Waals surface area (Å²) in [4.78, 5) is 12.5. The summed E-state index contributed by atoms with van der Waals surface area (Å²) in [5, 5.41) is 17.4. The van der Waals surface area contributed by atoms with Crippen LogP contribution in [0.4, 0.5) is 0 Å². The van der Waals surface area contributed by atoms with Gasteiger partial charge >= 0.3 is 5.97 Å². The Morgan fingerprint density at radius 3 is 2.69 bits per heavy atom. The number of carboxylic acid groups (broad SMARTS) is 1. The fourth-order valence-corrected chi connectivity index (χ4v) is 3.47. The van der Waals surface area contributed by atoms with Crippen LogP contribution in [0.15, 0.2) is 0 Å². The number of hydrogen-bond donors (Lipinski definition) is 2. The normalized spacial score (nSPS) is 25.4. The second-order valence-electron chi connectivity index (χ2n) is 3.98. The van der Waals surface area contributed by atoms with E-state index < -0.39 is 21.8 Å². The molecule has 0 amide bonds. The van der Waals surface area contributed by atoms with Gasteiger partial charge in [0.1, 0.15) is 0 Å². The van der Waals surface area contributed by atoms with E-state index in [2.05, 4.69) is 0 Å². The summed E-state index contributed by atoms with van der Waals surface area (Å²) in [5.74, 6) is -1.00. The third kappa shape index (κ3) is 4.07.